The van der Waals surface area contributed by atoms with Gasteiger partial charge in [-0.3, -0.25) is 14.5 Å². The summed E-state index contributed by atoms with van der Waals surface area (Å²) in [5, 5.41) is 9.62. The predicted molar refractivity (Wildman–Crippen MR) is 95.2 cm³/mol. The zero-order valence-corrected chi connectivity index (χ0v) is 15.0. The molecule has 25 heavy (non-hydrogen) atoms. The van der Waals surface area contributed by atoms with Crippen LogP contribution < -0.4 is 10.6 Å². The van der Waals surface area contributed by atoms with Crippen molar-refractivity contribution < 1.29 is 14.4 Å². The number of nitrogens with zero attached hydrogens (tertiary/aromatic N) is 1. The molecule has 6 nitrogen and oxygen atoms in total. The van der Waals surface area contributed by atoms with E-state index in [1.807, 2.05) is 10.8 Å². The van der Waals surface area contributed by atoms with Gasteiger partial charge in [-0.05, 0) is 47.0 Å². The average molecular weight is 378 g/mol. The van der Waals surface area contributed by atoms with Crippen molar-refractivity contribution in [1.29, 1.82) is 0 Å². The van der Waals surface area contributed by atoms with Gasteiger partial charge in [-0.2, -0.15) is 11.3 Å². The van der Waals surface area contributed by atoms with Crippen LogP contribution >= 0.6 is 22.9 Å². The van der Waals surface area contributed by atoms with Crippen molar-refractivity contribution in [1.82, 2.24) is 15.5 Å². The molecule has 1 aliphatic rings. The number of halogens is 1. The molecule has 2 heterocycles. The van der Waals surface area contributed by atoms with Gasteiger partial charge < -0.3 is 10.6 Å². The molecule has 0 bridgehead atoms. The molecule has 0 saturated carbocycles. The Kier molecular flexibility index (Phi) is 4.78. The van der Waals surface area contributed by atoms with Gasteiger partial charge in [0.25, 0.3) is 5.91 Å². The molecule has 0 unspecified atom stereocenters. The minimum Gasteiger partial charge on any atom is -0.350 e. The van der Waals surface area contributed by atoms with Crippen molar-refractivity contribution in [3.8, 4) is 0 Å². The molecule has 0 spiro atoms. The molecule has 4 amide bonds. The highest BCUT2D eigenvalue weighted by atomic mass is 35.5. The van der Waals surface area contributed by atoms with Crippen LogP contribution in [0.15, 0.2) is 41.1 Å². The molecule has 8 heteroatoms. The Morgan fingerprint density at radius 3 is 2.64 bits per heavy atom. The van der Waals surface area contributed by atoms with Crippen LogP contribution in [-0.4, -0.2) is 29.3 Å². The third-order valence-electron chi connectivity index (χ3n) is 4.08. The van der Waals surface area contributed by atoms with Gasteiger partial charge in [0.1, 0.15) is 12.1 Å². The maximum atomic E-state index is 12.6. The maximum absolute atomic E-state index is 12.6. The second-order valence-electron chi connectivity index (χ2n) is 5.86. The zero-order valence-electron chi connectivity index (χ0n) is 13.4. The van der Waals surface area contributed by atoms with Crippen molar-refractivity contribution in [2.45, 2.75) is 19.0 Å². The van der Waals surface area contributed by atoms with Gasteiger partial charge in [0.05, 0.1) is 0 Å². The second-order valence-corrected chi connectivity index (χ2v) is 7.08. The third-order valence-corrected chi connectivity index (χ3v) is 5.01. The fourth-order valence-corrected chi connectivity index (χ4v) is 3.48. The Morgan fingerprint density at radius 2 is 2.00 bits per heavy atom. The van der Waals surface area contributed by atoms with Crippen LogP contribution in [0.3, 0.4) is 0 Å². The van der Waals surface area contributed by atoms with E-state index in [2.05, 4.69) is 10.6 Å². The van der Waals surface area contributed by atoms with Crippen molar-refractivity contribution in [3.05, 3.63) is 57.2 Å². The molecule has 2 aromatic rings. The summed E-state index contributed by atoms with van der Waals surface area (Å²) in [7, 11) is 0. The topological polar surface area (TPSA) is 78.5 Å². The van der Waals surface area contributed by atoms with E-state index in [9.17, 15) is 14.4 Å². The summed E-state index contributed by atoms with van der Waals surface area (Å²) in [5.41, 5.74) is 0.450. The molecular formula is C17H16ClN3O3S. The Labute approximate surface area is 153 Å². The lowest BCUT2D eigenvalue weighted by molar-refractivity contribution is -0.134. The zero-order chi connectivity index (χ0) is 18.0. The fourth-order valence-electron chi connectivity index (χ4n) is 2.59. The molecular weight excluding hydrogens is 362 g/mol. The van der Waals surface area contributed by atoms with E-state index in [0.717, 1.165) is 10.5 Å². The summed E-state index contributed by atoms with van der Waals surface area (Å²) in [5.74, 6) is -0.842. The number of hydrogen-bond acceptors (Lipinski definition) is 4. The molecule has 1 aliphatic heterocycles. The number of amides is 4. The number of nitrogens with one attached hydrogen (secondary N) is 2. The lowest BCUT2D eigenvalue weighted by atomic mass is 9.95. The molecule has 0 aliphatic carbocycles. The monoisotopic (exact) mass is 377 g/mol. The second kappa shape index (κ2) is 6.85. The number of rotatable bonds is 5. The van der Waals surface area contributed by atoms with Gasteiger partial charge in [-0.25, -0.2) is 4.79 Å². The van der Waals surface area contributed by atoms with Crippen LogP contribution in [0, 0.1) is 0 Å². The third kappa shape index (κ3) is 3.52. The number of carbonyl (C=O) groups excluding carboxylic acids is 3. The predicted octanol–water partition coefficient (Wildman–Crippen LogP) is 2.48. The molecule has 1 aromatic carbocycles. The van der Waals surface area contributed by atoms with Gasteiger partial charge in [0.2, 0.25) is 5.91 Å². The van der Waals surface area contributed by atoms with E-state index in [4.69, 9.17) is 11.6 Å². The Morgan fingerprint density at radius 1 is 1.28 bits per heavy atom. The highest BCUT2D eigenvalue weighted by Gasteiger charge is 2.49. The van der Waals surface area contributed by atoms with E-state index >= 15 is 0 Å². The van der Waals surface area contributed by atoms with Crippen LogP contribution in [-0.2, 0) is 21.7 Å². The molecule has 1 saturated heterocycles. The van der Waals surface area contributed by atoms with Crippen LogP contribution in [0.4, 0.5) is 4.79 Å². The first-order valence-electron chi connectivity index (χ1n) is 7.58. The van der Waals surface area contributed by atoms with Crippen molar-refractivity contribution >= 4 is 40.8 Å². The number of benzene rings is 1. The molecule has 1 fully saturated rings. The van der Waals surface area contributed by atoms with E-state index in [-0.39, 0.29) is 6.54 Å². The van der Waals surface area contributed by atoms with E-state index < -0.39 is 23.4 Å². The van der Waals surface area contributed by atoms with Crippen molar-refractivity contribution in [3.63, 3.8) is 0 Å². The number of hydrogen-bond donors (Lipinski definition) is 2. The first-order chi connectivity index (χ1) is 11.9. The number of carbonyl (C=O) groups is 3. The molecule has 130 valence electrons. The van der Waals surface area contributed by atoms with E-state index in [0.29, 0.717) is 17.1 Å². The summed E-state index contributed by atoms with van der Waals surface area (Å²) in [4.78, 5) is 37.8. The van der Waals surface area contributed by atoms with Crippen LogP contribution in [0.5, 0.6) is 0 Å². The summed E-state index contributed by atoms with van der Waals surface area (Å²) in [6.07, 6.45) is 0. The minimum absolute atomic E-state index is 0.293. The van der Waals surface area contributed by atoms with Crippen LogP contribution in [0.2, 0.25) is 5.02 Å². The smallest absolute Gasteiger partial charge is 0.325 e. The van der Waals surface area contributed by atoms with Gasteiger partial charge in [-0.1, -0.05) is 23.7 Å². The Balaban J connectivity index is 1.62. The van der Waals surface area contributed by atoms with E-state index in [1.165, 1.54) is 11.3 Å². The molecule has 1 aromatic heterocycles. The lowest BCUT2D eigenvalue weighted by Crippen LogP contribution is -2.43. The Bertz CT molecular complexity index is 807. The SMILES string of the molecule is C[C@@]1(c2ccsc2)NC(=O)N(CC(=O)NCc2ccc(Cl)cc2)C1=O. The lowest BCUT2D eigenvalue weighted by Gasteiger charge is -2.20. The van der Waals surface area contributed by atoms with Gasteiger partial charge in [0.15, 0.2) is 0 Å². The van der Waals surface area contributed by atoms with Gasteiger partial charge in [0, 0.05) is 11.6 Å². The standard InChI is InChI=1S/C17H16ClN3O3S/c1-17(12-6-7-25-10-12)15(23)21(16(24)20-17)9-14(22)19-8-11-2-4-13(18)5-3-11/h2-7,10H,8-9H2,1H3,(H,19,22)(H,20,24)/t17-/m0/s1. The van der Waals surface area contributed by atoms with E-state index in [1.54, 1.807) is 37.3 Å². The van der Waals surface area contributed by atoms with Crippen molar-refractivity contribution in [2.75, 3.05) is 6.54 Å². The fraction of sp³-hybridized carbons (Fsp3) is 0.235. The molecule has 0 radical (unpaired) electrons. The first kappa shape index (κ1) is 17.4. The number of thiophene rings is 1. The highest BCUT2D eigenvalue weighted by molar-refractivity contribution is 7.08. The minimum atomic E-state index is -1.13. The van der Waals surface area contributed by atoms with Gasteiger partial charge >= 0.3 is 6.03 Å². The average Bonchev–Trinajstić information content (AvgIpc) is 3.19. The molecule has 2 N–H and O–H groups in total. The Hall–Kier alpha value is -2.38. The summed E-state index contributed by atoms with van der Waals surface area (Å²) < 4.78 is 0. The quantitative estimate of drug-likeness (QED) is 0.786. The molecule has 3 rings (SSSR count). The number of imide groups is 1. The van der Waals surface area contributed by atoms with Crippen LogP contribution in [0.1, 0.15) is 18.1 Å². The maximum Gasteiger partial charge on any atom is 0.325 e. The normalized spacial score (nSPS) is 19.8. The van der Waals surface area contributed by atoms with Crippen molar-refractivity contribution in [2.24, 2.45) is 0 Å². The van der Waals surface area contributed by atoms with Gasteiger partial charge in [-0.15, -0.1) is 0 Å². The summed E-state index contributed by atoms with van der Waals surface area (Å²) >= 11 is 7.25. The highest BCUT2D eigenvalue weighted by Crippen LogP contribution is 2.30. The summed E-state index contributed by atoms with van der Waals surface area (Å²) in [6.45, 7) is 1.61. The number of urea groups is 1. The summed E-state index contributed by atoms with van der Waals surface area (Å²) in [6, 6.07) is 8.26. The molecule has 1 atom stereocenters. The van der Waals surface area contributed by atoms with Crippen LogP contribution in [0.25, 0.3) is 0 Å². The first-order valence-corrected chi connectivity index (χ1v) is 8.90. The largest absolute Gasteiger partial charge is 0.350 e.